The van der Waals surface area contributed by atoms with Gasteiger partial charge in [-0.05, 0) is 20.8 Å². The number of hydrogen-bond acceptors (Lipinski definition) is 4. The van der Waals surface area contributed by atoms with Crippen LogP contribution in [0, 0.1) is 20.8 Å². The minimum absolute atomic E-state index is 0.0957. The number of thiazole rings is 1. The molecule has 0 aromatic carbocycles. The highest BCUT2D eigenvalue weighted by molar-refractivity contribution is 7.09. The van der Waals surface area contributed by atoms with Crippen LogP contribution in [-0.2, 0) is 13.5 Å². The smallest absolute Gasteiger partial charge is 0.172 e. The Morgan fingerprint density at radius 3 is 2.59 bits per heavy atom. The van der Waals surface area contributed by atoms with Crippen molar-refractivity contribution in [2.24, 2.45) is 7.05 Å². The van der Waals surface area contributed by atoms with Crippen molar-refractivity contribution in [1.82, 2.24) is 14.8 Å². The van der Waals surface area contributed by atoms with Gasteiger partial charge < -0.3 is 0 Å². The number of carbonyl (C=O) groups is 1. The van der Waals surface area contributed by atoms with Crippen molar-refractivity contribution in [3.63, 3.8) is 0 Å². The van der Waals surface area contributed by atoms with E-state index in [1.807, 2.05) is 33.2 Å². The number of aromatic nitrogens is 3. The lowest BCUT2D eigenvalue weighted by atomic mass is 10.1. The summed E-state index contributed by atoms with van der Waals surface area (Å²) >= 11 is 1.57. The van der Waals surface area contributed by atoms with Gasteiger partial charge >= 0.3 is 0 Å². The third kappa shape index (κ3) is 2.29. The normalized spacial score (nSPS) is 10.8. The van der Waals surface area contributed by atoms with Crippen molar-refractivity contribution in [2.45, 2.75) is 27.2 Å². The molecule has 5 heteroatoms. The first-order valence-electron chi connectivity index (χ1n) is 5.43. The molecule has 0 amide bonds. The quantitative estimate of drug-likeness (QED) is 0.784. The van der Waals surface area contributed by atoms with Crippen LogP contribution in [0.3, 0.4) is 0 Å². The second-order valence-corrected chi connectivity index (χ2v) is 5.19. The minimum atomic E-state index is 0.0957. The zero-order chi connectivity index (χ0) is 12.6. The highest BCUT2D eigenvalue weighted by Crippen LogP contribution is 2.16. The number of hydrogen-bond donors (Lipinski definition) is 0. The topological polar surface area (TPSA) is 47.8 Å². The summed E-state index contributed by atoms with van der Waals surface area (Å²) in [5.41, 5.74) is 3.29. The molecule has 0 unspecified atom stereocenters. The van der Waals surface area contributed by atoms with Crippen molar-refractivity contribution in [3.8, 4) is 0 Å². The first-order chi connectivity index (χ1) is 7.99. The van der Waals surface area contributed by atoms with Gasteiger partial charge in [0.25, 0.3) is 0 Å². The van der Waals surface area contributed by atoms with Gasteiger partial charge in [0.05, 0.1) is 28.4 Å². The van der Waals surface area contributed by atoms with Crippen molar-refractivity contribution in [1.29, 1.82) is 0 Å². The Morgan fingerprint density at radius 1 is 1.41 bits per heavy atom. The van der Waals surface area contributed by atoms with Crippen LogP contribution in [0.5, 0.6) is 0 Å². The monoisotopic (exact) mass is 249 g/mol. The van der Waals surface area contributed by atoms with Gasteiger partial charge in [-0.3, -0.25) is 9.48 Å². The van der Waals surface area contributed by atoms with E-state index in [0.29, 0.717) is 6.42 Å². The molecule has 0 aliphatic carbocycles. The van der Waals surface area contributed by atoms with Crippen LogP contribution in [0.25, 0.3) is 0 Å². The van der Waals surface area contributed by atoms with E-state index < -0.39 is 0 Å². The lowest BCUT2D eigenvalue weighted by molar-refractivity contribution is 0.0991. The Labute approximate surface area is 104 Å². The van der Waals surface area contributed by atoms with Crippen LogP contribution in [0.4, 0.5) is 0 Å². The van der Waals surface area contributed by atoms with E-state index >= 15 is 0 Å². The Hall–Kier alpha value is -1.49. The first-order valence-corrected chi connectivity index (χ1v) is 6.31. The maximum atomic E-state index is 12.2. The third-order valence-corrected chi connectivity index (χ3v) is 3.62. The number of aryl methyl sites for hydroxylation is 3. The van der Waals surface area contributed by atoms with Crippen LogP contribution in [0.1, 0.15) is 32.4 Å². The SMILES string of the molecule is Cc1nc(CC(=O)c2c(C)nn(C)c2C)cs1. The van der Waals surface area contributed by atoms with Gasteiger partial charge in [-0.25, -0.2) is 4.98 Å². The zero-order valence-corrected chi connectivity index (χ0v) is 11.3. The summed E-state index contributed by atoms with van der Waals surface area (Å²) < 4.78 is 1.74. The molecule has 2 rings (SSSR count). The van der Waals surface area contributed by atoms with Crippen molar-refractivity contribution < 1.29 is 4.79 Å². The molecule has 0 bridgehead atoms. The predicted octanol–water partition coefficient (Wildman–Crippen LogP) is 2.23. The van der Waals surface area contributed by atoms with E-state index in [9.17, 15) is 4.79 Å². The molecule has 4 nitrogen and oxygen atoms in total. The molecular formula is C12H15N3OS. The molecular weight excluding hydrogens is 234 g/mol. The van der Waals surface area contributed by atoms with Gasteiger partial charge in [0.2, 0.25) is 0 Å². The first kappa shape index (κ1) is 12.0. The summed E-state index contributed by atoms with van der Waals surface area (Å²) in [5.74, 6) is 0.0957. The van der Waals surface area contributed by atoms with Crippen molar-refractivity contribution in [2.75, 3.05) is 0 Å². The third-order valence-electron chi connectivity index (χ3n) is 2.80. The number of carbonyl (C=O) groups excluding carboxylic acids is 1. The van der Waals surface area contributed by atoms with Crippen LogP contribution in [0.2, 0.25) is 0 Å². The maximum absolute atomic E-state index is 12.2. The summed E-state index contributed by atoms with van der Waals surface area (Å²) in [6, 6.07) is 0. The van der Waals surface area contributed by atoms with Crippen LogP contribution in [0.15, 0.2) is 5.38 Å². The molecule has 0 fully saturated rings. The second kappa shape index (κ2) is 4.41. The molecule has 0 radical (unpaired) electrons. The molecule has 0 aliphatic heterocycles. The highest BCUT2D eigenvalue weighted by atomic mass is 32.1. The molecule has 0 saturated carbocycles. The molecule has 2 aromatic heterocycles. The van der Waals surface area contributed by atoms with Crippen molar-refractivity contribution >= 4 is 17.1 Å². The van der Waals surface area contributed by atoms with Crippen LogP contribution in [-0.4, -0.2) is 20.5 Å². The molecule has 90 valence electrons. The fourth-order valence-electron chi connectivity index (χ4n) is 1.92. The van der Waals surface area contributed by atoms with Gasteiger partial charge in [-0.15, -0.1) is 11.3 Å². The van der Waals surface area contributed by atoms with E-state index in [0.717, 1.165) is 27.7 Å². The predicted molar refractivity (Wildman–Crippen MR) is 67.6 cm³/mol. The van der Waals surface area contributed by atoms with E-state index in [-0.39, 0.29) is 5.78 Å². The highest BCUT2D eigenvalue weighted by Gasteiger charge is 2.18. The summed E-state index contributed by atoms with van der Waals surface area (Å²) in [6.07, 6.45) is 0.359. The molecule has 2 heterocycles. The maximum Gasteiger partial charge on any atom is 0.172 e. The van der Waals surface area contributed by atoms with Crippen LogP contribution < -0.4 is 0 Å². The molecule has 0 spiro atoms. The fraction of sp³-hybridized carbons (Fsp3) is 0.417. The lowest BCUT2D eigenvalue weighted by Crippen LogP contribution is -2.07. The number of Topliss-reactive ketones (excluding diaryl/α,β-unsaturated/α-hetero) is 1. The summed E-state index contributed by atoms with van der Waals surface area (Å²) in [7, 11) is 1.85. The number of ketones is 1. The molecule has 0 saturated heterocycles. The molecule has 0 atom stereocenters. The second-order valence-electron chi connectivity index (χ2n) is 4.13. The Kier molecular flexibility index (Phi) is 3.11. The molecule has 17 heavy (non-hydrogen) atoms. The van der Waals surface area contributed by atoms with Gasteiger partial charge in [0.1, 0.15) is 0 Å². The minimum Gasteiger partial charge on any atom is -0.294 e. The number of rotatable bonds is 3. The average molecular weight is 249 g/mol. The van der Waals surface area contributed by atoms with E-state index in [1.54, 1.807) is 16.0 Å². The summed E-state index contributed by atoms with van der Waals surface area (Å²) in [4.78, 5) is 16.5. The fourth-order valence-corrected chi connectivity index (χ4v) is 2.53. The van der Waals surface area contributed by atoms with E-state index in [1.165, 1.54) is 0 Å². The van der Waals surface area contributed by atoms with Crippen molar-refractivity contribution in [3.05, 3.63) is 33.0 Å². The number of nitrogens with zero attached hydrogens (tertiary/aromatic N) is 3. The van der Waals surface area contributed by atoms with Gasteiger partial charge in [-0.1, -0.05) is 0 Å². The van der Waals surface area contributed by atoms with Gasteiger partial charge in [0, 0.05) is 18.1 Å². The average Bonchev–Trinajstić information content (AvgIpc) is 2.73. The van der Waals surface area contributed by atoms with Crippen LogP contribution >= 0.6 is 11.3 Å². The Bertz CT molecular complexity index is 568. The summed E-state index contributed by atoms with van der Waals surface area (Å²) in [6.45, 7) is 5.73. The Morgan fingerprint density at radius 2 is 2.12 bits per heavy atom. The molecule has 0 aliphatic rings. The zero-order valence-electron chi connectivity index (χ0n) is 10.4. The molecule has 2 aromatic rings. The van der Waals surface area contributed by atoms with Gasteiger partial charge in [-0.2, -0.15) is 5.10 Å². The van der Waals surface area contributed by atoms with E-state index in [4.69, 9.17) is 0 Å². The summed E-state index contributed by atoms with van der Waals surface area (Å²) in [5, 5.41) is 7.19. The molecule has 0 N–H and O–H groups in total. The Balaban J connectivity index is 2.26. The van der Waals surface area contributed by atoms with E-state index in [2.05, 4.69) is 10.1 Å². The largest absolute Gasteiger partial charge is 0.294 e. The standard InChI is InChI=1S/C12H15N3OS/c1-7-12(8(2)15(4)14-7)11(16)5-10-6-17-9(3)13-10/h6H,5H2,1-4H3. The van der Waals surface area contributed by atoms with Gasteiger partial charge in [0.15, 0.2) is 5.78 Å². The lowest BCUT2D eigenvalue weighted by Gasteiger charge is -1.99.